The second kappa shape index (κ2) is 5.42. The first-order valence-electron chi connectivity index (χ1n) is 6.78. The van der Waals surface area contributed by atoms with E-state index >= 15 is 0 Å². The van der Waals surface area contributed by atoms with E-state index < -0.39 is 0 Å². The lowest BCUT2D eigenvalue weighted by atomic mass is 10.2. The number of nitrogens with one attached hydrogen (secondary N) is 1. The third kappa shape index (κ3) is 2.51. The summed E-state index contributed by atoms with van der Waals surface area (Å²) in [6, 6.07) is 5.36. The molecule has 0 bridgehead atoms. The number of phenolic OH excluding ortho intramolecular Hbond substituents is 1. The molecule has 1 aromatic heterocycles. The molecule has 2 aromatic rings. The van der Waals surface area contributed by atoms with E-state index in [2.05, 4.69) is 27.0 Å². The minimum absolute atomic E-state index is 0.110. The number of fused-ring (bicyclic) bond motifs is 1. The van der Waals surface area contributed by atoms with Gasteiger partial charge in [-0.3, -0.25) is 0 Å². The third-order valence-electron chi connectivity index (χ3n) is 3.65. The average Bonchev–Trinajstić information content (AvgIpc) is 3.02. The smallest absolute Gasteiger partial charge is 0.149 e. The van der Waals surface area contributed by atoms with Crippen LogP contribution in [-0.2, 0) is 19.5 Å². The number of hydrogen-bond acceptors (Lipinski definition) is 4. The molecule has 0 spiro atoms. The van der Waals surface area contributed by atoms with Crippen molar-refractivity contribution in [3.8, 4) is 5.75 Å². The van der Waals surface area contributed by atoms with Gasteiger partial charge in [0.05, 0.1) is 11.1 Å². The molecule has 0 saturated heterocycles. The minimum Gasteiger partial charge on any atom is -0.506 e. The summed E-state index contributed by atoms with van der Waals surface area (Å²) >= 11 is 5.90. The van der Waals surface area contributed by atoms with Crippen molar-refractivity contribution in [3.63, 3.8) is 0 Å². The maximum absolute atomic E-state index is 9.40. The normalized spacial score (nSPS) is 15.3. The zero-order valence-corrected chi connectivity index (χ0v) is 12.1. The molecule has 0 amide bonds. The summed E-state index contributed by atoms with van der Waals surface area (Å²) in [6.07, 6.45) is 2.17. The van der Waals surface area contributed by atoms with Crippen LogP contribution in [0.2, 0.25) is 5.02 Å². The highest BCUT2D eigenvalue weighted by atomic mass is 35.5. The first-order chi connectivity index (χ1) is 9.65. The zero-order valence-electron chi connectivity index (χ0n) is 11.3. The fraction of sp³-hybridized carbons (Fsp3) is 0.429. The molecular formula is C14H17ClN4O. The molecule has 1 atom stereocenters. The Kier molecular flexibility index (Phi) is 3.63. The van der Waals surface area contributed by atoms with Gasteiger partial charge in [0.2, 0.25) is 0 Å². The summed E-state index contributed by atoms with van der Waals surface area (Å²) in [4.78, 5) is 0. The number of hydrogen-bond donors (Lipinski definition) is 2. The first-order valence-corrected chi connectivity index (χ1v) is 7.15. The number of aryl methyl sites for hydroxylation is 1. The maximum atomic E-state index is 9.40. The van der Waals surface area contributed by atoms with Crippen LogP contribution in [0.4, 0.5) is 0 Å². The van der Waals surface area contributed by atoms with Crippen molar-refractivity contribution in [2.75, 3.05) is 0 Å². The molecule has 1 unspecified atom stereocenters. The topological polar surface area (TPSA) is 63.0 Å². The Hall–Kier alpha value is -1.59. The van der Waals surface area contributed by atoms with Crippen LogP contribution in [0.1, 0.15) is 36.6 Å². The highest BCUT2D eigenvalue weighted by Gasteiger charge is 2.20. The van der Waals surface area contributed by atoms with Crippen molar-refractivity contribution in [3.05, 3.63) is 40.4 Å². The predicted molar refractivity (Wildman–Crippen MR) is 76.7 cm³/mol. The van der Waals surface area contributed by atoms with Crippen molar-refractivity contribution in [1.82, 2.24) is 20.1 Å². The average molecular weight is 293 g/mol. The lowest BCUT2D eigenvalue weighted by molar-refractivity contribution is 0.474. The molecule has 2 N–H and O–H groups in total. The molecule has 3 rings (SSSR count). The molecule has 0 radical (unpaired) electrons. The highest BCUT2D eigenvalue weighted by molar-refractivity contribution is 6.32. The van der Waals surface area contributed by atoms with Gasteiger partial charge in [0.25, 0.3) is 0 Å². The molecule has 20 heavy (non-hydrogen) atoms. The molecule has 106 valence electrons. The zero-order chi connectivity index (χ0) is 14.1. The van der Waals surface area contributed by atoms with Crippen molar-refractivity contribution in [2.24, 2.45) is 0 Å². The van der Waals surface area contributed by atoms with Gasteiger partial charge in [-0.25, -0.2) is 0 Å². The van der Waals surface area contributed by atoms with Crippen LogP contribution in [0.15, 0.2) is 18.2 Å². The highest BCUT2D eigenvalue weighted by Crippen LogP contribution is 2.24. The minimum atomic E-state index is 0.110. The Bertz CT molecular complexity index is 626. The van der Waals surface area contributed by atoms with Crippen molar-refractivity contribution < 1.29 is 5.11 Å². The van der Waals surface area contributed by atoms with Gasteiger partial charge in [0.1, 0.15) is 17.4 Å². The number of nitrogens with zero attached hydrogens (tertiary/aromatic N) is 3. The third-order valence-corrected chi connectivity index (χ3v) is 3.95. The number of phenols is 1. The molecule has 1 aliphatic heterocycles. The predicted octanol–water partition coefficient (Wildman–Crippen LogP) is 2.43. The molecule has 0 fully saturated rings. The van der Waals surface area contributed by atoms with Crippen LogP contribution in [0.3, 0.4) is 0 Å². The number of rotatable bonds is 4. The van der Waals surface area contributed by atoms with Crippen LogP contribution >= 0.6 is 11.6 Å². The van der Waals surface area contributed by atoms with Crippen molar-refractivity contribution >= 4 is 11.6 Å². The van der Waals surface area contributed by atoms with Gasteiger partial charge in [-0.1, -0.05) is 17.7 Å². The van der Waals surface area contributed by atoms with E-state index in [9.17, 15) is 5.11 Å². The fourth-order valence-corrected chi connectivity index (χ4v) is 2.72. The van der Waals surface area contributed by atoms with Crippen LogP contribution in [-0.4, -0.2) is 19.9 Å². The number of halogens is 1. The quantitative estimate of drug-likeness (QED) is 0.908. The molecule has 6 heteroatoms. The van der Waals surface area contributed by atoms with Gasteiger partial charge in [-0.05, 0) is 31.0 Å². The largest absolute Gasteiger partial charge is 0.506 e. The van der Waals surface area contributed by atoms with Crippen LogP contribution in [0, 0.1) is 0 Å². The molecule has 0 saturated carbocycles. The Morgan fingerprint density at radius 3 is 3.10 bits per heavy atom. The Balaban J connectivity index is 1.67. The van der Waals surface area contributed by atoms with Gasteiger partial charge in [-0.2, -0.15) is 0 Å². The summed E-state index contributed by atoms with van der Waals surface area (Å²) in [5.41, 5.74) is 1.03. The Morgan fingerprint density at radius 1 is 1.45 bits per heavy atom. The summed E-state index contributed by atoms with van der Waals surface area (Å²) in [5.74, 6) is 2.18. The SMILES string of the molecule is CC(NCc1ccc(O)c(Cl)c1)c1nnc2n1CCC2. The van der Waals surface area contributed by atoms with Crippen LogP contribution in [0.25, 0.3) is 0 Å². The molecule has 0 aliphatic carbocycles. The molecule has 5 nitrogen and oxygen atoms in total. The van der Waals surface area contributed by atoms with Crippen LogP contribution in [0.5, 0.6) is 5.75 Å². The van der Waals surface area contributed by atoms with Gasteiger partial charge < -0.3 is 15.0 Å². The maximum Gasteiger partial charge on any atom is 0.149 e. The second-order valence-corrected chi connectivity index (χ2v) is 5.53. The number of aromatic hydroxyl groups is 1. The van der Waals surface area contributed by atoms with E-state index in [0.717, 1.165) is 36.6 Å². The van der Waals surface area contributed by atoms with Crippen molar-refractivity contribution in [1.29, 1.82) is 0 Å². The van der Waals surface area contributed by atoms with Gasteiger partial charge in [0.15, 0.2) is 0 Å². The van der Waals surface area contributed by atoms with Crippen molar-refractivity contribution in [2.45, 2.75) is 38.9 Å². The Labute approximate surface area is 122 Å². The fourth-order valence-electron chi connectivity index (χ4n) is 2.52. The van der Waals surface area contributed by atoms with Crippen LogP contribution < -0.4 is 5.32 Å². The standard InChI is InChI=1S/C14H17ClN4O/c1-9(14-18-17-13-3-2-6-19(13)14)16-8-10-4-5-12(20)11(15)7-10/h4-5,7,9,16,20H,2-3,6,8H2,1H3. The van der Waals surface area contributed by atoms with E-state index in [4.69, 9.17) is 11.6 Å². The summed E-state index contributed by atoms with van der Waals surface area (Å²) in [7, 11) is 0. The molecular weight excluding hydrogens is 276 g/mol. The lowest BCUT2D eigenvalue weighted by Crippen LogP contribution is -2.21. The molecule has 1 aromatic carbocycles. The van der Waals surface area contributed by atoms with E-state index in [0.29, 0.717) is 11.6 Å². The first kappa shape index (κ1) is 13.4. The van der Waals surface area contributed by atoms with E-state index in [1.54, 1.807) is 12.1 Å². The number of aromatic nitrogens is 3. The van der Waals surface area contributed by atoms with Gasteiger partial charge in [-0.15, -0.1) is 10.2 Å². The lowest BCUT2D eigenvalue weighted by Gasteiger charge is -2.14. The van der Waals surface area contributed by atoms with E-state index in [1.165, 1.54) is 0 Å². The summed E-state index contributed by atoms with van der Waals surface area (Å²) in [5, 5.41) is 21.7. The second-order valence-electron chi connectivity index (χ2n) is 5.12. The van der Waals surface area contributed by atoms with Gasteiger partial charge >= 0.3 is 0 Å². The monoisotopic (exact) mass is 292 g/mol. The number of benzene rings is 1. The Morgan fingerprint density at radius 2 is 2.30 bits per heavy atom. The summed E-state index contributed by atoms with van der Waals surface area (Å²) < 4.78 is 2.20. The summed E-state index contributed by atoms with van der Waals surface area (Å²) in [6.45, 7) is 3.76. The van der Waals surface area contributed by atoms with E-state index in [1.807, 2.05) is 6.07 Å². The van der Waals surface area contributed by atoms with E-state index in [-0.39, 0.29) is 11.8 Å². The molecule has 2 heterocycles. The molecule has 1 aliphatic rings. The van der Waals surface area contributed by atoms with Gasteiger partial charge in [0, 0.05) is 19.5 Å².